The third-order valence-electron chi connectivity index (χ3n) is 7.52. The minimum absolute atomic E-state index is 0.0159. The summed E-state index contributed by atoms with van der Waals surface area (Å²) in [6, 6.07) is 27.7. The maximum Gasteiger partial charge on any atom is 0.450 e. The van der Waals surface area contributed by atoms with Gasteiger partial charge < -0.3 is 14.7 Å². The van der Waals surface area contributed by atoms with E-state index in [-0.39, 0.29) is 24.3 Å². The summed E-state index contributed by atoms with van der Waals surface area (Å²) in [5.74, 6) is -3.68. The smallest absolute Gasteiger partial charge is 0.450 e. The number of halogens is 5. The molecule has 0 spiro atoms. The fourth-order valence-corrected chi connectivity index (χ4v) is 5.33. The monoisotopic (exact) mass is 657 g/mol. The van der Waals surface area contributed by atoms with Crippen LogP contribution in [0.1, 0.15) is 38.5 Å². The molecular formula is C35H32Cl2F3NO4. The fourth-order valence-electron chi connectivity index (χ4n) is 5.08. The van der Waals surface area contributed by atoms with Crippen molar-refractivity contribution in [1.82, 2.24) is 4.90 Å². The first kappa shape index (κ1) is 34.0. The summed E-state index contributed by atoms with van der Waals surface area (Å²) in [6.45, 7) is 1.70. The van der Waals surface area contributed by atoms with Gasteiger partial charge in [0.05, 0.1) is 5.56 Å². The predicted octanol–water partition coefficient (Wildman–Crippen LogP) is 8.37. The first-order chi connectivity index (χ1) is 21.4. The zero-order chi connectivity index (χ0) is 32.6. The molecule has 4 rings (SSSR count). The lowest BCUT2D eigenvalue weighted by Gasteiger charge is -2.25. The number of likely N-dealkylation sites (N-methyl/N-ethyl adjacent to an activating group) is 1. The zero-order valence-corrected chi connectivity index (χ0v) is 25.9. The van der Waals surface area contributed by atoms with Gasteiger partial charge in [-0.25, -0.2) is 4.79 Å². The van der Waals surface area contributed by atoms with Crippen molar-refractivity contribution in [3.63, 3.8) is 0 Å². The quantitative estimate of drug-likeness (QED) is 0.148. The molecule has 0 saturated carbocycles. The molecule has 1 atom stereocenters. The van der Waals surface area contributed by atoms with Crippen LogP contribution in [0.15, 0.2) is 97.1 Å². The number of rotatable bonds is 14. The van der Waals surface area contributed by atoms with Crippen molar-refractivity contribution in [3.05, 3.63) is 135 Å². The summed E-state index contributed by atoms with van der Waals surface area (Å²) in [5, 5.41) is 10.4. The number of ether oxygens (including phenoxy) is 1. The maximum atomic E-state index is 13.4. The Kier molecular flexibility index (Phi) is 11.7. The van der Waals surface area contributed by atoms with E-state index in [0.29, 0.717) is 46.6 Å². The van der Waals surface area contributed by atoms with Crippen molar-refractivity contribution in [3.8, 4) is 5.75 Å². The van der Waals surface area contributed by atoms with Gasteiger partial charge >= 0.3 is 12.1 Å². The number of Topliss-reactive ketones (excluding diaryl/α,β-unsaturated/α-hetero) is 1. The van der Waals surface area contributed by atoms with Crippen LogP contribution in [0.2, 0.25) is 10.0 Å². The highest BCUT2D eigenvalue weighted by Gasteiger charge is 2.43. The highest BCUT2D eigenvalue weighted by molar-refractivity contribution is 6.30. The number of aromatic carboxylic acids is 1. The van der Waals surface area contributed by atoms with Gasteiger partial charge in [0.25, 0.3) is 0 Å². The normalized spacial score (nSPS) is 12.4. The largest absolute Gasteiger partial charge is 0.492 e. The van der Waals surface area contributed by atoms with Crippen molar-refractivity contribution < 1.29 is 32.6 Å². The van der Waals surface area contributed by atoms with E-state index >= 15 is 0 Å². The molecule has 4 aromatic carbocycles. The maximum absolute atomic E-state index is 13.4. The topological polar surface area (TPSA) is 66.8 Å². The number of carboxylic acid groups (broad SMARTS) is 1. The number of hydrogen-bond donors (Lipinski definition) is 1. The number of carboxylic acids is 1. The number of benzene rings is 4. The summed E-state index contributed by atoms with van der Waals surface area (Å²) < 4.78 is 46.1. The Morgan fingerprint density at radius 3 is 1.69 bits per heavy atom. The lowest BCUT2D eigenvalue weighted by Crippen LogP contribution is -2.33. The first-order valence-electron chi connectivity index (χ1n) is 14.2. The van der Waals surface area contributed by atoms with Crippen molar-refractivity contribution in [2.75, 3.05) is 26.7 Å². The lowest BCUT2D eigenvalue weighted by atomic mass is 9.88. The molecule has 4 aromatic rings. The van der Waals surface area contributed by atoms with Crippen LogP contribution in [0.4, 0.5) is 13.2 Å². The van der Waals surface area contributed by atoms with Crippen LogP contribution in [-0.2, 0) is 17.6 Å². The zero-order valence-electron chi connectivity index (χ0n) is 24.4. The number of carbonyl (C=O) groups is 2. The molecule has 1 N–H and O–H groups in total. The van der Waals surface area contributed by atoms with Crippen LogP contribution in [0, 0.1) is 5.92 Å². The molecule has 0 aliphatic heterocycles. The number of hydrogen-bond acceptors (Lipinski definition) is 4. The molecule has 5 nitrogen and oxygen atoms in total. The molecule has 1 unspecified atom stereocenters. The lowest BCUT2D eigenvalue weighted by molar-refractivity contribution is -0.175. The fraction of sp³-hybridized carbons (Fsp3) is 0.257. The van der Waals surface area contributed by atoms with E-state index < -0.39 is 23.8 Å². The van der Waals surface area contributed by atoms with Crippen molar-refractivity contribution in [1.29, 1.82) is 0 Å². The summed E-state index contributed by atoms with van der Waals surface area (Å²) in [5.41, 5.74) is 3.25. The van der Waals surface area contributed by atoms with Gasteiger partial charge in [-0.3, -0.25) is 4.79 Å². The van der Waals surface area contributed by atoms with Gasteiger partial charge in [0.1, 0.15) is 12.4 Å². The Bertz CT molecular complexity index is 1510. The molecule has 0 aromatic heterocycles. The van der Waals surface area contributed by atoms with Gasteiger partial charge in [-0.1, -0.05) is 71.7 Å². The molecule has 0 aliphatic carbocycles. The van der Waals surface area contributed by atoms with Crippen LogP contribution >= 0.6 is 23.2 Å². The molecule has 0 heterocycles. The number of nitrogens with zero attached hydrogens (tertiary/aromatic N) is 1. The summed E-state index contributed by atoms with van der Waals surface area (Å²) in [6.07, 6.45) is -5.28. The second-order valence-corrected chi connectivity index (χ2v) is 11.8. The third kappa shape index (κ3) is 10.1. The van der Waals surface area contributed by atoms with Crippen LogP contribution in [0.25, 0.3) is 0 Å². The van der Waals surface area contributed by atoms with Gasteiger partial charge in [-0.05, 0) is 90.7 Å². The highest BCUT2D eigenvalue weighted by atomic mass is 35.5. The Labute approximate surface area is 270 Å². The van der Waals surface area contributed by atoms with Crippen LogP contribution in [0.3, 0.4) is 0 Å². The number of ketones is 1. The Hall–Kier alpha value is -3.85. The van der Waals surface area contributed by atoms with E-state index in [0.717, 1.165) is 11.1 Å². The molecule has 0 saturated heterocycles. The van der Waals surface area contributed by atoms with E-state index in [2.05, 4.69) is 4.90 Å². The van der Waals surface area contributed by atoms with Gasteiger partial charge in [0.15, 0.2) is 0 Å². The van der Waals surface area contributed by atoms with Gasteiger partial charge in [-0.15, -0.1) is 0 Å². The SMILES string of the molecule is CN(CCOc1ccc(CC(Cc2ccc(C(=O)O)cc2)C(=O)C(F)(F)F)cc1)CC(c1ccc(Cl)cc1)c1ccc(Cl)cc1. The van der Waals surface area contributed by atoms with E-state index in [1.54, 1.807) is 24.3 Å². The Balaban J connectivity index is 1.35. The van der Waals surface area contributed by atoms with Gasteiger partial charge in [-0.2, -0.15) is 13.2 Å². The third-order valence-corrected chi connectivity index (χ3v) is 8.02. The predicted molar refractivity (Wildman–Crippen MR) is 170 cm³/mol. The average molecular weight is 659 g/mol. The molecule has 45 heavy (non-hydrogen) atoms. The van der Waals surface area contributed by atoms with E-state index in [1.165, 1.54) is 24.3 Å². The molecular weight excluding hydrogens is 626 g/mol. The van der Waals surface area contributed by atoms with Crippen molar-refractivity contribution in [2.24, 2.45) is 5.92 Å². The molecule has 0 fully saturated rings. The molecule has 0 bridgehead atoms. The second-order valence-electron chi connectivity index (χ2n) is 10.9. The summed E-state index contributed by atoms with van der Waals surface area (Å²) in [7, 11) is 2.00. The highest BCUT2D eigenvalue weighted by Crippen LogP contribution is 2.29. The van der Waals surface area contributed by atoms with Crippen LogP contribution < -0.4 is 4.74 Å². The number of alkyl halides is 3. The van der Waals surface area contributed by atoms with Crippen molar-refractivity contribution in [2.45, 2.75) is 24.9 Å². The summed E-state index contributed by atoms with van der Waals surface area (Å²) in [4.78, 5) is 25.5. The minimum atomic E-state index is -4.99. The average Bonchev–Trinajstić information content (AvgIpc) is 3.01. The molecule has 236 valence electrons. The molecule has 10 heteroatoms. The van der Waals surface area contributed by atoms with Gasteiger partial charge in [0, 0.05) is 35.0 Å². The van der Waals surface area contributed by atoms with E-state index in [9.17, 15) is 22.8 Å². The van der Waals surface area contributed by atoms with Crippen molar-refractivity contribution >= 4 is 35.0 Å². The minimum Gasteiger partial charge on any atom is -0.492 e. The molecule has 0 aliphatic rings. The molecule has 0 radical (unpaired) electrons. The van der Waals surface area contributed by atoms with Crippen LogP contribution in [0.5, 0.6) is 5.75 Å². The second kappa shape index (κ2) is 15.4. The van der Waals surface area contributed by atoms with Crippen LogP contribution in [-0.4, -0.2) is 54.7 Å². The first-order valence-corrected chi connectivity index (χ1v) is 15.0. The Morgan fingerprint density at radius 1 is 0.778 bits per heavy atom. The van der Waals surface area contributed by atoms with E-state index in [4.69, 9.17) is 33.0 Å². The standard InChI is InChI=1S/C35H32Cl2F3NO4/c1-41(22-32(25-8-12-29(36)13-9-25)26-10-14-30(37)15-11-26)18-19-45-31-16-4-24(5-17-31)21-28(33(42)35(38,39)40)20-23-2-6-27(7-3-23)34(43)44/h2-17,28,32H,18-22H2,1H3,(H,43,44). The van der Waals surface area contributed by atoms with E-state index in [1.807, 2.05) is 55.6 Å². The molecule has 0 amide bonds. The number of carbonyl (C=O) groups excluding carboxylic acids is 1. The van der Waals surface area contributed by atoms with Gasteiger partial charge in [0.2, 0.25) is 5.78 Å². The Morgan fingerprint density at radius 2 is 1.24 bits per heavy atom. The summed E-state index contributed by atoms with van der Waals surface area (Å²) >= 11 is 12.2.